The Morgan fingerprint density at radius 1 is 1.21 bits per heavy atom. The van der Waals surface area contributed by atoms with Gasteiger partial charge in [-0.2, -0.15) is 13.2 Å². The van der Waals surface area contributed by atoms with Crippen molar-refractivity contribution in [3.63, 3.8) is 0 Å². The molecule has 1 saturated heterocycles. The molecule has 0 bridgehead atoms. The molecule has 0 saturated carbocycles. The van der Waals surface area contributed by atoms with Gasteiger partial charge in [0.2, 0.25) is 5.91 Å². The first-order chi connectivity index (χ1) is 16.3. The number of anilines is 2. The van der Waals surface area contributed by atoms with E-state index in [4.69, 9.17) is 9.15 Å². The molecule has 1 aliphatic rings. The van der Waals surface area contributed by atoms with Crippen molar-refractivity contribution in [3.8, 4) is 11.4 Å². The first-order valence-corrected chi connectivity index (χ1v) is 11.7. The number of amides is 1. The van der Waals surface area contributed by atoms with E-state index in [1.165, 1.54) is 6.07 Å². The highest BCUT2D eigenvalue weighted by molar-refractivity contribution is 7.99. The Balaban J connectivity index is 1.51. The minimum Gasteiger partial charge on any atom is -0.469 e. The number of hydrogen-bond donors (Lipinski definition) is 1. The number of ether oxygens (including phenoxy) is 1. The Morgan fingerprint density at radius 3 is 2.62 bits per heavy atom. The summed E-state index contributed by atoms with van der Waals surface area (Å²) in [5.74, 6) is 0.854. The summed E-state index contributed by atoms with van der Waals surface area (Å²) < 4.78 is 52.4. The number of alkyl halides is 3. The van der Waals surface area contributed by atoms with Gasteiger partial charge < -0.3 is 23.9 Å². The van der Waals surface area contributed by atoms with Crippen molar-refractivity contribution in [3.05, 3.63) is 41.9 Å². The molecule has 3 aromatic rings. The van der Waals surface area contributed by atoms with E-state index in [1.54, 1.807) is 12.3 Å². The fraction of sp³-hybridized carbons (Fsp3) is 0.409. The Morgan fingerprint density at radius 2 is 1.97 bits per heavy atom. The van der Waals surface area contributed by atoms with Crippen LogP contribution in [0, 0.1) is 6.92 Å². The summed E-state index contributed by atoms with van der Waals surface area (Å²) in [7, 11) is 0. The largest absolute Gasteiger partial charge is 0.469 e. The molecule has 182 valence electrons. The lowest BCUT2D eigenvalue weighted by Gasteiger charge is -2.31. The van der Waals surface area contributed by atoms with Crippen LogP contribution in [0.5, 0.6) is 0 Å². The third kappa shape index (κ3) is 5.22. The maximum absolute atomic E-state index is 13.3. The molecular weight excluding hydrogens is 471 g/mol. The third-order valence-corrected chi connectivity index (χ3v) is 6.38. The topological polar surface area (TPSA) is 85.4 Å². The molecular formula is C22H24F3N5O3S. The number of carbonyl (C=O) groups is 1. The van der Waals surface area contributed by atoms with Gasteiger partial charge in [0.25, 0.3) is 0 Å². The van der Waals surface area contributed by atoms with Crippen LogP contribution >= 0.6 is 11.8 Å². The third-order valence-electron chi connectivity index (χ3n) is 5.41. The molecule has 0 unspecified atom stereocenters. The van der Waals surface area contributed by atoms with Gasteiger partial charge in [-0.25, -0.2) is 0 Å². The highest BCUT2D eigenvalue weighted by Crippen LogP contribution is 2.36. The fourth-order valence-electron chi connectivity index (χ4n) is 3.71. The van der Waals surface area contributed by atoms with E-state index in [0.717, 1.165) is 29.5 Å². The second-order valence-corrected chi connectivity index (χ2v) is 8.55. The predicted molar refractivity (Wildman–Crippen MR) is 122 cm³/mol. The van der Waals surface area contributed by atoms with Crippen LogP contribution in [0.15, 0.2) is 40.1 Å². The zero-order valence-corrected chi connectivity index (χ0v) is 19.5. The summed E-state index contributed by atoms with van der Waals surface area (Å²) in [5, 5.41) is 11.6. The number of furan rings is 1. The summed E-state index contributed by atoms with van der Waals surface area (Å²) in [6.07, 6.45) is -2.95. The number of rotatable bonds is 7. The maximum atomic E-state index is 13.3. The van der Waals surface area contributed by atoms with Crippen LogP contribution in [0.1, 0.15) is 18.2 Å². The SMILES string of the molecule is CCn1c(SCC(=O)Nc2cc(C(F)(F)F)ccc2N2CCOCC2)nnc1-c1ccoc1C. The van der Waals surface area contributed by atoms with E-state index in [9.17, 15) is 18.0 Å². The molecule has 0 atom stereocenters. The van der Waals surface area contributed by atoms with Gasteiger partial charge >= 0.3 is 6.18 Å². The number of hydrogen-bond acceptors (Lipinski definition) is 7. The molecule has 4 rings (SSSR count). The molecule has 1 N–H and O–H groups in total. The van der Waals surface area contributed by atoms with E-state index in [-0.39, 0.29) is 11.4 Å². The Bertz CT molecular complexity index is 1160. The Labute approximate surface area is 198 Å². The van der Waals surface area contributed by atoms with Gasteiger partial charge in [-0.1, -0.05) is 11.8 Å². The van der Waals surface area contributed by atoms with Gasteiger partial charge in [-0.15, -0.1) is 10.2 Å². The van der Waals surface area contributed by atoms with Crippen molar-refractivity contribution in [1.29, 1.82) is 0 Å². The molecule has 34 heavy (non-hydrogen) atoms. The van der Waals surface area contributed by atoms with Crippen LogP contribution in [-0.4, -0.2) is 52.7 Å². The van der Waals surface area contributed by atoms with Crippen molar-refractivity contribution >= 4 is 29.0 Å². The quantitative estimate of drug-likeness (QED) is 0.485. The number of benzene rings is 1. The molecule has 1 fully saturated rings. The average molecular weight is 496 g/mol. The number of carbonyl (C=O) groups excluding carboxylic acids is 1. The lowest BCUT2D eigenvalue weighted by Crippen LogP contribution is -2.37. The summed E-state index contributed by atoms with van der Waals surface area (Å²) in [6, 6.07) is 5.19. The second kappa shape index (κ2) is 10.1. The van der Waals surface area contributed by atoms with Crippen LogP contribution in [0.3, 0.4) is 0 Å². The van der Waals surface area contributed by atoms with Crippen molar-refractivity contribution < 1.29 is 27.1 Å². The molecule has 0 spiro atoms. The van der Waals surface area contributed by atoms with Gasteiger partial charge in [-0.3, -0.25) is 4.79 Å². The van der Waals surface area contributed by atoms with Crippen molar-refractivity contribution in [2.45, 2.75) is 31.7 Å². The minimum absolute atomic E-state index is 0.0404. The zero-order valence-electron chi connectivity index (χ0n) is 18.7. The number of nitrogens with zero attached hydrogens (tertiary/aromatic N) is 4. The van der Waals surface area contributed by atoms with Gasteiger partial charge in [0.05, 0.1) is 47.7 Å². The van der Waals surface area contributed by atoms with E-state index >= 15 is 0 Å². The van der Waals surface area contributed by atoms with Crippen LogP contribution < -0.4 is 10.2 Å². The smallest absolute Gasteiger partial charge is 0.416 e. The lowest BCUT2D eigenvalue weighted by molar-refractivity contribution is -0.137. The molecule has 1 aliphatic heterocycles. The number of thioether (sulfide) groups is 1. The Kier molecular flexibility index (Phi) is 7.17. The number of aryl methyl sites for hydroxylation is 1. The maximum Gasteiger partial charge on any atom is 0.416 e. The number of morpholine rings is 1. The summed E-state index contributed by atoms with van der Waals surface area (Å²) in [6.45, 7) is 6.32. The van der Waals surface area contributed by atoms with Crippen molar-refractivity contribution in [2.75, 3.05) is 42.3 Å². The van der Waals surface area contributed by atoms with E-state index < -0.39 is 17.6 Å². The summed E-state index contributed by atoms with van der Waals surface area (Å²) in [5.41, 5.74) is 0.640. The highest BCUT2D eigenvalue weighted by atomic mass is 32.2. The predicted octanol–water partition coefficient (Wildman–Crippen LogP) is 4.45. The van der Waals surface area contributed by atoms with Crippen LogP contribution in [-0.2, 0) is 22.3 Å². The second-order valence-electron chi connectivity index (χ2n) is 7.61. The van der Waals surface area contributed by atoms with Crippen LogP contribution in [0.25, 0.3) is 11.4 Å². The number of aromatic nitrogens is 3. The van der Waals surface area contributed by atoms with E-state index in [2.05, 4.69) is 15.5 Å². The van der Waals surface area contributed by atoms with Gasteiger partial charge in [0.1, 0.15) is 5.76 Å². The number of nitrogens with one attached hydrogen (secondary N) is 1. The molecule has 3 heterocycles. The number of halogens is 3. The molecule has 0 radical (unpaired) electrons. The summed E-state index contributed by atoms with van der Waals surface area (Å²) in [4.78, 5) is 14.6. The standard InChI is InChI=1S/C22H24F3N5O3S/c1-3-30-20(16-6-9-33-14(16)2)27-28-21(30)34-13-19(31)26-17-12-15(22(23,24)25)4-5-18(17)29-7-10-32-11-8-29/h4-6,9,12H,3,7-8,10-11,13H2,1-2H3,(H,26,31). The van der Waals surface area contributed by atoms with Gasteiger partial charge in [0, 0.05) is 19.6 Å². The van der Waals surface area contributed by atoms with E-state index in [0.29, 0.717) is 55.3 Å². The molecule has 12 heteroatoms. The van der Waals surface area contributed by atoms with Gasteiger partial charge in [-0.05, 0) is 38.1 Å². The average Bonchev–Trinajstić information content (AvgIpc) is 3.42. The lowest BCUT2D eigenvalue weighted by atomic mass is 10.1. The Hall–Kier alpha value is -2.99. The summed E-state index contributed by atoms with van der Waals surface area (Å²) >= 11 is 1.16. The normalized spacial score (nSPS) is 14.4. The van der Waals surface area contributed by atoms with Crippen molar-refractivity contribution in [2.24, 2.45) is 0 Å². The van der Waals surface area contributed by atoms with Crippen LogP contribution in [0.4, 0.5) is 24.5 Å². The monoisotopic (exact) mass is 495 g/mol. The van der Waals surface area contributed by atoms with E-state index in [1.807, 2.05) is 23.3 Å². The van der Waals surface area contributed by atoms with Crippen molar-refractivity contribution in [1.82, 2.24) is 14.8 Å². The molecule has 8 nitrogen and oxygen atoms in total. The molecule has 1 amide bonds. The molecule has 0 aliphatic carbocycles. The molecule has 1 aromatic carbocycles. The van der Waals surface area contributed by atoms with Gasteiger partial charge in [0.15, 0.2) is 11.0 Å². The first kappa shape index (κ1) is 24.1. The minimum atomic E-state index is -4.52. The molecule has 2 aromatic heterocycles. The first-order valence-electron chi connectivity index (χ1n) is 10.7. The fourth-order valence-corrected chi connectivity index (χ4v) is 4.51. The van der Waals surface area contributed by atoms with Crippen LogP contribution in [0.2, 0.25) is 0 Å². The zero-order chi connectivity index (χ0) is 24.3. The highest BCUT2D eigenvalue weighted by Gasteiger charge is 2.32.